The molecule has 0 aromatic heterocycles. The fraction of sp³-hybridized carbons (Fsp3) is 0.500. The predicted octanol–water partition coefficient (Wildman–Crippen LogP) is 0.946. The van der Waals surface area contributed by atoms with E-state index in [1.54, 1.807) is 19.0 Å². The molecular weight excluding hydrogens is 266 g/mol. The molecule has 0 aliphatic carbocycles. The lowest BCUT2D eigenvalue weighted by Gasteiger charge is -2.36. The molecule has 1 aliphatic rings. The maximum atomic E-state index is 12.3. The van der Waals surface area contributed by atoms with Crippen LogP contribution in [0.3, 0.4) is 0 Å². The van der Waals surface area contributed by atoms with E-state index in [-0.39, 0.29) is 17.9 Å². The number of amides is 2. The van der Waals surface area contributed by atoms with Crippen LogP contribution in [0.2, 0.25) is 0 Å². The highest BCUT2D eigenvalue weighted by atomic mass is 16.2. The van der Waals surface area contributed by atoms with Gasteiger partial charge in [-0.1, -0.05) is 24.3 Å². The summed E-state index contributed by atoms with van der Waals surface area (Å²) in [6.45, 7) is 4.02. The number of piperazine rings is 1. The van der Waals surface area contributed by atoms with Gasteiger partial charge in [-0.05, 0) is 18.1 Å². The zero-order valence-corrected chi connectivity index (χ0v) is 12.9. The van der Waals surface area contributed by atoms with E-state index in [0.29, 0.717) is 19.5 Å². The zero-order valence-electron chi connectivity index (χ0n) is 12.9. The summed E-state index contributed by atoms with van der Waals surface area (Å²) in [7, 11) is 3.51. The fourth-order valence-electron chi connectivity index (χ4n) is 2.65. The minimum atomic E-state index is -0.296. The second-order valence-electron chi connectivity index (χ2n) is 5.62. The van der Waals surface area contributed by atoms with Crippen molar-refractivity contribution in [2.75, 3.05) is 33.7 Å². The Balaban J connectivity index is 2.16. The first kappa shape index (κ1) is 15.5. The van der Waals surface area contributed by atoms with Gasteiger partial charge in [-0.25, -0.2) is 0 Å². The predicted molar refractivity (Wildman–Crippen MR) is 81.8 cm³/mol. The number of rotatable bonds is 4. The molecule has 1 heterocycles. The maximum Gasteiger partial charge on any atom is 0.242 e. The van der Waals surface area contributed by atoms with Crippen molar-refractivity contribution in [3.05, 3.63) is 35.4 Å². The molecule has 2 rings (SSSR count). The van der Waals surface area contributed by atoms with E-state index in [4.69, 9.17) is 0 Å². The average Bonchev–Trinajstić information content (AvgIpc) is 2.46. The Morgan fingerprint density at radius 2 is 2.10 bits per heavy atom. The van der Waals surface area contributed by atoms with Crippen LogP contribution in [-0.2, 0) is 9.59 Å². The summed E-state index contributed by atoms with van der Waals surface area (Å²) in [5.41, 5.74) is 2.12. The Morgan fingerprint density at radius 3 is 2.76 bits per heavy atom. The van der Waals surface area contributed by atoms with Crippen LogP contribution in [0, 0.1) is 6.92 Å². The van der Waals surface area contributed by atoms with Crippen LogP contribution in [-0.4, -0.2) is 55.3 Å². The third-order valence-electron chi connectivity index (χ3n) is 3.91. The Bertz CT molecular complexity index is 528. The first-order chi connectivity index (χ1) is 10.0. The van der Waals surface area contributed by atoms with Crippen molar-refractivity contribution in [1.29, 1.82) is 0 Å². The SMILES string of the molecule is Cc1ccccc1C1C(=O)NCCN1CCC(=O)N(C)C. The normalized spacial score (nSPS) is 19.2. The molecule has 0 saturated carbocycles. The van der Waals surface area contributed by atoms with E-state index in [1.807, 2.05) is 31.2 Å². The van der Waals surface area contributed by atoms with E-state index < -0.39 is 0 Å². The summed E-state index contributed by atoms with van der Waals surface area (Å²) in [5, 5.41) is 2.92. The van der Waals surface area contributed by atoms with Crippen molar-refractivity contribution in [2.24, 2.45) is 0 Å². The van der Waals surface area contributed by atoms with Crippen molar-refractivity contribution in [3.8, 4) is 0 Å². The van der Waals surface area contributed by atoms with Gasteiger partial charge in [0, 0.05) is 40.2 Å². The van der Waals surface area contributed by atoms with Crippen LogP contribution < -0.4 is 5.32 Å². The topological polar surface area (TPSA) is 52.7 Å². The molecule has 0 bridgehead atoms. The van der Waals surface area contributed by atoms with E-state index in [2.05, 4.69) is 10.2 Å². The molecule has 1 fully saturated rings. The number of benzene rings is 1. The van der Waals surface area contributed by atoms with Crippen LogP contribution in [0.15, 0.2) is 24.3 Å². The Hall–Kier alpha value is -1.88. The molecule has 114 valence electrons. The second-order valence-corrected chi connectivity index (χ2v) is 5.62. The monoisotopic (exact) mass is 289 g/mol. The molecule has 2 amide bonds. The van der Waals surface area contributed by atoms with Gasteiger partial charge < -0.3 is 10.2 Å². The summed E-state index contributed by atoms with van der Waals surface area (Å²) in [5.74, 6) is 0.109. The third-order valence-corrected chi connectivity index (χ3v) is 3.91. The number of hydrogen-bond acceptors (Lipinski definition) is 3. The molecule has 1 N–H and O–H groups in total. The van der Waals surface area contributed by atoms with Gasteiger partial charge in [-0.3, -0.25) is 14.5 Å². The van der Waals surface area contributed by atoms with Crippen LogP contribution in [0.25, 0.3) is 0 Å². The number of aryl methyl sites for hydroxylation is 1. The first-order valence-corrected chi connectivity index (χ1v) is 7.28. The summed E-state index contributed by atoms with van der Waals surface area (Å²) in [6, 6.07) is 7.63. The molecule has 1 aliphatic heterocycles. The molecule has 1 saturated heterocycles. The van der Waals surface area contributed by atoms with E-state index in [9.17, 15) is 9.59 Å². The largest absolute Gasteiger partial charge is 0.353 e. The van der Waals surface area contributed by atoms with Gasteiger partial charge in [0.2, 0.25) is 11.8 Å². The van der Waals surface area contributed by atoms with Gasteiger partial charge in [0.25, 0.3) is 0 Å². The molecule has 1 aromatic rings. The van der Waals surface area contributed by atoms with Gasteiger partial charge in [0.05, 0.1) is 0 Å². The molecule has 1 atom stereocenters. The van der Waals surface area contributed by atoms with E-state index in [1.165, 1.54) is 0 Å². The van der Waals surface area contributed by atoms with Crippen molar-refractivity contribution in [2.45, 2.75) is 19.4 Å². The molecule has 0 spiro atoms. The molecule has 5 nitrogen and oxygen atoms in total. The minimum absolute atomic E-state index is 0.0212. The molecule has 5 heteroatoms. The van der Waals surface area contributed by atoms with Crippen molar-refractivity contribution >= 4 is 11.8 Å². The molecule has 1 unspecified atom stereocenters. The molecular formula is C16H23N3O2. The second kappa shape index (κ2) is 6.72. The average molecular weight is 289 g/mol. The van der Waals surface area contributed by atoms with Gasteiger partial charge in [0.15, 0.2) is 0 Å². The summed E-state index contributed by atoms with van der Waals surface area (Å²) in [6.07, 6.45) is 0.433. The van der Waals surface area contributed by atoms with Crippen LogP contribution in [0.4, 0.5) is 0 Å². The standard InChI is InChI=1S/C16H23N3O2/c1-12-6-4-5-7-13(12)15-16(21)17-9-11-19(15)10-8-14(20)18(2)3/h4-7,15H,8-11H2,1-3H3,(H,17,21). The Labute approximate surface area is 125 Å². The lowest BCUT2D eigenvalue weighted by molar-refractivity contribution is -0.132. The minimum Gasteiger partial charge on any atom is -0.353 e. The van der Waals surface area contributed by atoms with Gasteiger partial charge in [0.1, 0.15) is 6.04 Å². The summed E-state index contributed by atoms with van der Waals surface area (Å²) >= 11 is 0. The number of nitrogens with one attached hydrogen (secondary N) is 1. The highest BCUT2D eigenvalue weighted by Gasteiger charge is 2.31. The summed E-state index contributed by atoms with van der Waals surface area (Å²) < 4.78 is 0. The van der Waals surface area contributed by atoms with Gasteiger partial charge >= 0.3 is 0 Å². The lowest BCUT2D eigenvalue weighted by atomic mass is 9.97. The number of hydrogen-bond donors (Lipinski definition) is 1. The van der Waals surface area contributed by atoms with E-state index >= 15 is 0 Å². The molecule has 0 radical (unpaired) electrons. The quantitative estimate of drug-likeness (QED) is 0.898. The van der Waals surface area contributed by atoms with Crippen molar-refractivity contribution in [1.82, 2.24) is 15.1 Å². The maximum absolute atomic E-state index is 12.3. The first-order valence-electron chi connectivity index (χ1n) is 7.28. The number of nitrogens with zero attached hydrogens (tertiary/aromatic N) is 2. The van der Waals surface area contributed by atoms with Gasteiger partial charge in [-0.2, -0.15) is 0 Å². The number of carbonyl (C=O) groups is 2. The zero-order chi connectivity index (χ0) is 15.4. The smallest absolute Gasteiger partial charge is 0.242 e. The van der Waals surface area contributed by atoms with Crippen molar-refractivity contribution in [3.63, 3.8) is 0 Å². The van der Waals surface area contributed by atoms with Gasteiger partial charge in [-0.15, -0.1) is 0 Å². The Morgan fingerprint density at radius 1 is 1.38 bits per heavy atom. The third kappa shape index (κ3) is 3.61. The van der Waals surface area contributed by atoms with Crippen LogP contribution >= 0.6 is 0 Å². The van der Waals surface area contributed by atoms with Crippen LogP contribution in [0.1, 0.15) is 23.6 Å². The molecule has 1 aromatic carbocycles. The Kier molecular flexibility index (Phi) is 4.96. The van der Waals surface area contributed by atoms with Crippen LogP contribution in [0.5, 0.6) is 0 Å². The van der Waals surface area contributed by atoms with E-state index in [0.717, 1.165) is 17.7 Å². The molecule has 21 heavy (non-hydrogen) atoms. The fourth-order valence-corrected chi connectivity index (χ4v) is 2.65. The van der Waals surface area contributed by atoms with Crippen molar-refractivity contribution < 1.29 is 9.59 Å². The highest BCUT2D eigenvalue weighted by molar-refractivity contribution is 5.84. The lowest BCUT2D eigenvalue weighted by Crippen LogP contribution is -2.50. The highest BCUT2D eigenvalue weighted by Crippen LogP contribution is 2.26. The summed E-state index contributed by atoms with van der Waals surface area (Å²) in [4.78, 5) is 27.8. The number of carbonyl (C=O) groups excluding carboxylic acids is 2.